The lowest BCUT2D eigenvalue weighted by Gasteiger charge is -2.12. The van der Waals surface area contributed by atoms with Crippen molar-refractivity contribution < 1.29 is 27.7 Å². The summed E-state index contributed by atoms with van der Waals surface area (Å²) in [5.41, 5.74) is 2.71. The van der Waals surface area contributed by atoms with Gasteiger partial charge in [0.1, 0.15) is 22.8 Å². The zero-order valence-electron chi connectivity index (χ0n) is 18.5. The number of methoxy groups -OCH3 is 1. The number of nitro groups is 1. The molecule has 10 nitrogen and oxygen atoms in total. The number of phenols is 1. The Kier molecular flexibility index (Phi) is 6.31. The molecule has 0 aliphatic rings. The maximum absolute atomic E-state index is 11.5. The van der Waals surface area contributed by atoms with Crippen LogP contribution in [0.3, 0.4) is 0 Å². The van der Waals surface area contributed by atoms with Gasteiger partial charge in [-0.2, -0.15) is 8.42 Å². The molecule has 5 aromatic rings. The summed E-state index contributed by atoms with van der Waals surface area (Å²) in [6.45, 7) is 0. The van der Waals surface area contributed by atoms with Crippen molar-refractivity contribution in [3.8, 4) is 34.0 Å². The lowest BCUT2D eigenvalue weighted by atomic mass is 10.0. The number of para-hydroxylation sites is 1. The number of halogens is 1. The number of fused-ring (bicyclic) bond motifs is 3. The molecule has 0 atom stereocenters. The second-order valence-corrected chi connectivity index (χ2v) is 9.18. The lowest BCUT2D eigenvalue weighted by Crippen LogP contribution is -1.97. The largest absolute Gasteiger partial charge is 0.507 e. The number of H-pyrrole nitrogens is 1. The first-order valence-corrected chi connectivity index (χ1v) is 11.7. The second-order valence-electron chi connectivity index (χ2n) is 7.76. The van der Waals surface area contributed by atoms with Gasteiger partial charge in [0, 0.05) is 23.8 Å². The molecule has 1 aromatic heterocycles. The van der Waals surface area contributed by atoms with Crippen molar-refractivity contribution in [2.75, 3.05) is 7.11 Å². The number of nitrogens with zero attached hydrogens (tertiary/aromatic N) is 2. The van der Waals surface area contributed by atoms with Gasteiger partial charge in [0.2, 0.25) is 0 Å². The van der Waals surface area contributed by atoms with Crippen molar-refractivity contribution >= 4 is 50.0 Å². The van der Waals surface area contributed by atoms with E-state index < -0.39 is 19.9 Å². The molecule has 36 heavy (non-hydrogen) atoms. The zero-order chi connectivity index (χ0) is 24.9. The van der Waals surface area contributed by atoms with E-state index in [-0.39, 0.29) is 23.8 Å². The number of imidazole rings is 1. The predicted octanol–water partition coefficient (Wildman–Crippen LogP) is 5.34. The second kappa shape index (κ2) is 9.11. The van der Waals surface area contributed by atoms with Crippen molar-refractivity contribution in [3.05, 3.63) is 76.8 Å². The minimum Gasteiger partial charge on any atom is -0.507 e. The van der Waals surface area contributed by atoms with Crippen molar-refractivity contribution in [1.29, 1.82) is 0 Å². The number of hydrogen-bond acceptors (Lipinski definition) is 7. The number of non-ortho nitro benzene ring substituents is 1. The van der Waals surface area contributed by atoms with Crippen LogP contribution < -0.4 is 4.74 Å². The maximum Gasteiger partial charge on any atom is 0.294 e. The smallest absolute Gasteiger partial charge is 0.294 e. The highest BCUT2D eigenvalue weighted by molar-refractivity contribution is 7.85. The van der Waals surface area contributed by atoms with Gasteiger partial charge in [0.25, 0.3) is 15.8 Å². The van der Waals surface area contributed by atoms with E-state index >= 15 is 0 Å². The lowest BCUT2D eigenvalue weighted by molar-refractivity contribution is -0.384. The van der Waals surface area contributed by atoms with E-state index in [1.165, 1.54) is 25.3 Å². The summed E-state index contributed by atoms with van der Waals surface area (Å²) in [7, 11) is -3.02. The molecule has 1 heterocycles. The maximum atomic E-state index is 11.5. The molecule has 3 N–H and O–H groups in total. The van der Waals surface area contributed by atoms with Gasteiger partial charge in [-0.1, -0.05) is 30.3 Å². The molecule has 0 saturated carbocycles. The normalized spacial score (nSPS) is 11.4. The average Bonchev–Trinajstić information content (AvgIpc) is 3.27. The minimum atomic E-state index is -4.50. The highest BCUT2D eigenvalue weighted by Gasteiger charge is 2.20. The van der Waals surface area contributed by atoms with Crippen LogP contribution >= 0.6 is 12.4 Å². The van der Waals surface area contributed by atoms with Gasteiger partial charge in [-0.25, -0.2) is 4.98 Å². The van der Waals surface area contributed by atoms with E-state index in [1.54, 1.807) is 42.5 Å². The van der Waals surface area contributed by atoms with Gasteiger partial charge in [0.05, 0.1) is 33.4 Å². The molecule has 0 radical (unpaired) electrons. The first-order valence-electron chi connectivity index (χ1n) is 10.2. The van der Waals surface area contributed by atoms with Crippen LogP contribution in [0.4, 0.5) is 5.69 Å². The fourth-order valence-electron chi connectivity index (χ4n) is 4.12. The van der Waals surface area contributed by atoms with E-state index in [0.717, 1.165) is 6.07 Å². The number of aromatic nitrogens is 2. The minimum absolute atomic E-state index is 0. The predicted molar refractivity (Wildman–Crippen MR) is 136 cm³/mol. The first kappa shape index (κ1) is 24.9. The molecule has 0 aliphatic carbocycles. The quantitative estimate of drug-likeness (QED) is 0.157. The summed E-state index contributed by atoms with van der Waals surface area (Å²) in [6, 6.07) is 17.0. The van der Waals surface area contributed by atoms with Crippen LogP contribution in [0.25, 0.3) is 44.3 Å². The Bertz CT molecular complexity index is 1770. The molecule has 0 aliphatic heterocycles. The Morgan fingerprint density at radius 3 is 2.44 bits per heavy atom. The monoisotopic (exact) mass is 527 g/mol. The first-order chi connectivity index (χ1) is 16.7. The molecule has 0 amide bonds. The molecule has 5 rings (SSSR count). The third-order valence-electron chi connectivity index (χ3n) is 5.66. The van der Waals surface area contributed by atoms with Crippen molar-refractivity contribution in [2.45, 2.75) is 4.90 Å². The Balaban J connectivity index is 0.00000304. The van der Waals surface area contributed by atoms with Gasteiger partial charge < -0.3 is 14.8 Å². The Labute approximate surface area is 210 Å². The van der Waals surface area contributed by atoms with Crippen LogP contribution in [0, 0.1) is 10.1 Å². The van der Waals surface area contributed by atoms with Gasteiger partial charge in [0.15, 0.2) is 0 Å². The number of aromatic hydroxyl groups is 1. The fraction of sp³-hybridized carbons (Fsp3) is 0.0417. The molecule has 184 valence electrons. The third kappa shape index (κ3) is 4.19. The molecule has 12 heteroatoms. The summed E-state index contributed by atoms with van der Waals surface area (Å²) < 4.78 is 38.1. The number of ether oxygens (including phenoxy) is 1. The Morgan fingerprint density at radius 1 is 1.03 bits per heavy atom. The molecular formula is C24H18ClN3O7S. The highest BCUT2D eigenvalue weighted by Crippen LogP contribution is 2.41. The molecule has 0 saturated heterocycles. The molecule has 0 bridgehead atoms. The number of phenolic OH excluding ortho intramolecular Hbond substituents is 1. The zero-order valence-corrected chi connectivity index (χ0v) is 20.1. The number of benzene rings is 4. The number of hydrogen-bond donors (Lipinski definition) is 3. The van der Waals surface area contributed by atoms with E-state index in [0.29, 0.717) is 50.1 Å². The summed E-state index contributed by atoms with van der Waals surface area (Å²) in [5.74, 6) is 0.500. The van der Waals surface area contributed by atoms with Crippen LogP contribution in [0.2, 0.25) is 0 Å². The highest BCUT2D eigenvalue weighted by atomic mass is 35.5. The van der Waals surface area contributed by atoms with Crippen LogP contribution in [-0.2, 0) is 10.1 Å². The van der Waals surface area contributed by atoms with Crippen LogP contribution in [0.1, 0.15) is 0 Å². The molecular weight excluding hydrogens is 510 g/mol. The fourth-order valence-corrected chi connectivity index (χ4v) is 4.65. The van der Waals surface area contributed by atoms with Gasteiger partial charge in [-0.3, -0.25) is 14.7 Å². The van der Waals surface area contributed by atoms with Crippen LogP contribution in [0.5, 0.6) is 11.5 Å². The van der Waals surface area contributed by atoms with E-state index in [4.69, 9.17) is 4.74 Å². The topological polar surface area (TPSA) is 156 Å². The number of nitro benzene ring substituents is 1. The standard InChI is InChI=1S/C24H17N3O7S.ClH/c1-34-23-17(13-4-2-5-15(10-13)27(29)30)6-3-7-18(23)24-25-19-9-8-14-11-16(35(31,32)33)12-20(28)21(14)22(19)26-24;/h2-12,28H,1H3,(H,25,26)(H,31,32,33);1H. The van der Waals surface area contributed by atoms with Crippen molar-refractivity contribution in [2.24, 2.45) is 0 Å². The molecule has 4 aromatic carbocycles. The van der Waals surface area contributed by atoms with Crippen molar-refractivity contribution in [3.63, 3.8) is 0 Å². The third-order valence-corrected chi connectivity index (χ3v) is 6.49. The average molecular weight is 528 g/mol. The van der Waals surface area contributed by atoms with Crippen LogP contribution in [0.15, 0.2) is 71.6 Å². The SMILES string of the molecule is COc1c(-c2cccc([N+](=O)[O-])c2)cccc1-c1nc2c(ccc3cc(S(=O)(=O)O)cc(O)c32)[nH]1.Cl. The summed E-state index contributed by atoms with van der Waals surface area (Å²) in [4.78, 5) is 18.2. The number of rotatable bonds is 5. The van der Waals surface area contributed by atoms with E-state index in [2.05, 4.69) is 9.97 Å². The Morgan fingerprint density at radius 2 is 1.75 bits per heavy atom. The van der Waals surface area contributed by atoms with Gasteiger partial charge in [-0.15, -0.1) is 12.4 Å². The van der Waals surface area contributed by atoms with E-state index in [9.17, 15) is 28.2 Å². The van der Waals surface area contributed by atoms with Crippen LogP contribution in [-0.4, -0.2) is 40.1 Å². The number of nitrogens with one attached hydrogen (secondary N) is 1. The van der Waals surface area contributed by atoms with Gasteiger partial charge in [-0.05, 0) is 29.1 Å². The molecule has 0 unspecified atom stereocenters. The molecule has 0 spiro atoms. The molecule has 0 fully saturated rings. The van der Waals surface area contributed by atoms with Gasteiger partial charge >= 0.3 is 0 Å². The Hall–Kier alpha value is -4.19. The summed E-state index contributed by atoms with van der Waals surface area (Å²) in [6.07, 6.45) is 0. The van der Waals surface area contributed by atoms with Crippen molar-refractivity contribution in [1.82, 2.24) is 9.97 Å². The number of aromatic amines is 1. The summed E-state index contributed by atoms with van der Waals surface area (Å²) in [5, 5.41) is 22.5. The summed E-state index contributed by atoms with van der Waals surface area (Å²) >= 11 is 0. The van der Waals surface area contributed by atoms with E-state index in [1.807, 2.05) is 0 Å².